The Bertz CT molecular complexity index is 59.9. The molecule has 1 N–H and O–H groups in total. The fourth-order valence-corrected chi connectivity index (χ4v) is 1.29. The second-order valence-electron chi connectivity index (χ2n) is 2.60. The van der Waals surface area contributed by atoms with E-state index in [0.717, 1.165) is 5.92 Å². The summed E-state index contributed by atoms with van der Waals surface area (Å²) in [4.78, 5) is 0. The molecule has 0 atom stereocenters. The van der Waals surface area contributed by atoms with Crippen LogP contribution in [-0.4, -0.2) is 13.1 Å². The van der Waals surface area contributed by atoms with Crippen LogP contribution >= 0.6 is 0 Å². The summed E-state index contributed by atoms with van der Waals surface area (Å²) in [5, 5.41) is 3.35. The van der Waals surface area contributed by atoms with E-state index in [1.807, 2.05) is 0 Å². The van der Waals surface area contributed by atoms with Gasteiger partial charge in [0, 0.05) is 45.0 Å². The van der Waals surface area contributed by atoms with Crippen LogP contribution in [0.1, 0.15) is 26.2 Å². The molecule has 1 aliphatic heterocycles. The second kappa shape index (κ2) is 6.16. The van der Waals surface area contributed by atoms with E-state index in [9.17, 15) is 0 Å². The Morgan fingerprint density at radius 3 is 2.22 bits per heavy atom. The first kappa shape index (κ1) is 10.4. The van der Waals surface area contributed by atoms with E-state index in [1.54, 1.807) is 0 Å². The zero-order valence-electron chi connectivity index (χ0n) is 6.32. The van der Waals surface area contributed by atoms with Gasteiger partial charge in [0.05, 0.1) is 0 Å². The molecule has 0 unspecified atom stereocenters. The first-order valence-corrected chi connectivity index (χ1v) is 3.64. The zero-order valence-corrected chi connectivity index (χ0v) is 12.1. The summed E-state index contributed by atoms with van der Waals surface area (Å²) in [5.41, 5.74) is 0. The number of nitrogens with one attached hydrogen (secondary N) is 1. The summed E-state index contributed by atoms with van der Waals surface area (Å²) in [6, 6.07) is 0. The van der Waals surface area contributed by atoms with E-state index in [1.165, 1.54) is 32.4 Å². The molecule has 0 bridgehead atoms. The minimum absolute atomic E-state index is 0. The van der Waals surface area contributed by atoms with Gasteiger partial charge in [0.1, 0.15) is 0 Å². The van der Waals surface area contributed by atoms with Gasteiger partial charge in [0.2, 0.25) is 0 Å². The molecule has 1 aliphatic rings. The van der Waals surface area contributed by atoms with Gasteiger partial charge in [-0.3, -0.25) is 0 Å². The van der Waals surface area contributed by atoms with Crippen molar-refractivity contribution in [2.24, 2.45) is 5.92 Å². The van der Waals surface area contributed by atoms with Gasteiger partial charge in [-0.15, -0.1) is 0 Å². The molecule has 0 aromatic heterocycles. The van der Waals surface area contributed by atoms with Crippen molar-refractivity contribution < 1.29 is 45.0 Å². The predicted molar refractivity (Wildman–Crippen MR) is 35.9 cm³/mol. The van der Waals surface area contributed by atoms with Gasteiger partial charge in [0.25, 0.3) is 0 Å². The Kier molecular flexibility index (Phi) is 7.13. The van der Waals surface area contributed by atoms with E-state index in [4.69, 9.17) is 0 Å². The van der Waals surface area contributed by atoms with Crippen LogP contribution in [0.25, 0.3) is 0 Å². The molecule has 1 rings (SSSR count). The van der Waals surface area contributed by atoms with Crippen LogP contribution in [0.3, 0.4) is 0 Å². The zero-order chi connectivity index (χ0) is 5.82. The monoisotopic (exact) mass is 339 g/mol. The quantitative estimate of drug-likeness (QED) is 0.762. The fourth-order valence-electron chi connectivity index (χ4n) is 1.29. The molecule has 0 saturated carbocycles. The van der Waals surface area contributed by atoms with Crippen molar-refractivity contribution in [3.05, 3.63) is 0 Å². The van der Waals surface area contributed by atoms with E-state index < -0.39 is 0 Å². The number of hydrogen-bond donors (Lipinski definition) is 1. The van der Waals surface area contributed by atoms with Crippen molar-refractivity contribution in [3.63, 3.8) is 0 Å². The maximum absolute atomic E-state index is 3.35. The van der Waals surface area contributed by atoms with Crippen LogP contribution in [0.4, 0.5) is 0 Å². The van der Waals surface area contributed by atoms with Crippen LogP contribution < -0.4 is 5.32 Å². The Labute approximate surface area is 94.4 Å². The van der Waals surface area contributed by atoms with Gasteiger partial charge in [-0.25, -0.2) is 0 Å². The van der Waals surface area contributed by atoms with Crippen LogP contribution in [0.5, 0.6) is 0 Å². The number of hydrogen-bond acceptors (Lipinski definition) is 1. The normalized spacial score (nSPS) is 21.0. The van der Waals surface area contributed by atoms with Gasteiger partial charge in [-0.05, 0) is 31.8 Å². The molecule has 50 valence electrons. The topological polar surface area (TPSA) is 12.0 Å². The van der Waals surface area contributed by atoms with Crippen LogP contribution in [0.15, 0.2) is 0 Å². The third-order valence-corrected chi connectivity index (χ3v) is 2.04. The minimum Gasteiger partial charge on any atom is -0.317 e. The van der Waals surface area contributed by atoms with Crippen molar-refractivity contribution in [2.45, 2.75) is 26.2 Å². The average Bonchev–Trinajstić information content (AvgIpc) is 1.90. The minimum atomic E-state index is 0. The molecule has 1 heterocycles. The van der Waals surface area contributed by atoms with Gasteiger partial charge in [0.15, 0.2) is 0 Å². The predicted octanol–water partition coefficient (Wildman–Crippen LogP) is 1.40. The molecule has 0 aromatic rings. The first-order valence-electron chi connectivity index (χ1n) is 3.64. The SMILES string of the molecule is CCC1CCNCC1.[Ra]. The maximum atomic E-state index is 3.35. The average molecular weight is 339 g/mol. The summed E-state index contributed by atoms with van der Waals surface area (Å²) in [7, 11) is 0. The smallest absolute Gasteiger partial charge is 0 e. The second-order valence-corrected chi connectivity index (χ2v) is 2.60. The molecule has 1 nitrogen and oxygen atoms in total. The third-order valence-electron chi connectivity index (χ3n) is 2.04. The Balaban J connectivity index is 0.000000640. The Morgan fingerprint density at radius 2 is 1.89 bits per heavy atom. The summed E-state index contributed by atoms with van der Waals surface area (Å²) in [5.74, 6) is 1.02. The maximum Gasteiger partial charge on any atom is 0 e. The molecule has 0 spiro atoms. The molecule has 0 aliphatic carbocycles. The van der Waals surface area contributed by atoms with Crippen LogP contribution in [-0.2, 0) is 0 Å². The van der Waals surface area contributed by atoms with Crippen molar-refractivity contribution in [1.29, 1.82) is 0 Å². The van der Waals surface area contributed by atoms with Crippen molar-refractivity contribution >= 4 is 0 Å². The van der Waals surface area contributed by atoms with Gasteiger partial charge in [-0.1, -0.05) is 13.3 Å². The largest absolute Gasteiger partial charge is 0.317 e. The molecule has 2 radical (unpaired) electrons. The van der Waals surface area contributed by atoms with Gasteiger partial charge >= 0.3 is 0 Å². The number of piperidine rings is 1. The molecule has 9 heavy (non-hydrogen) atoms. The molecule has 2 heteroatoms. The van der Waals surface area contributed by atoms with E-state index in [2.05, 4.69) is 12.2 Å². The van der Waals surface area contributed by atoms with Crippen LogP contribution in [0, 0.1) is 50.9 Å². The third kappa shape index (κ3) is 3.98. The number of rotatable bonds is 1. The van der Waals surface area contributed by atoms with E-state index >= 15 is 0 Å². The summed E-state index contributed by atoms with van der Waals surface area (Å²) in [6.45, 7) is 4.78. The van der Waals surface area contributed by atoms with E-state index in [0.29, 0.717) is 0 Å². The molecule has 0 amide bonds. The van der Waals surface area contributed by atoms with Crippen molar-refractivity contribution in [2.75, 3.05) is 13.1 Å². The summed E-state index contributed by atoms with van der Waals surface area (Å²) in [6.07, 6.45) is 4.18. The fraction of sp³-hybridized carbons (Fsp3) is 1.00. The standard InChI is InChI=1S/C7H15N.Ra/c1-2-7-3-5-8-6-4-7;/h7-8H,2-6H2,1H3;. The van der Waals surface area contributed by atoms with Crippen molar-refractivity contribution in [3.8, 4) is 0 Å². The summed E-state index contributed by atoms with van der Waals surface area (Å²) < 4.78 is 0. The molecule has 0 aromatic carbocycles. The molecular weight excluding hydrogens is 324 g/mol. The van der Waals surface area contributed by atoms with Gasteiger partial charge < -0.3 is 5.32 Å². The molecule has 1 saturated heterocycles. The van der Waals surface area contributed by atoms with Crippen molar-refractivity contribution in [1.82, 2.24) is 5.32 Å². The summed E-state index contributed by atoms with van der Waals surface area (Å²) >= 11 is 0. The van der Waals surface area contributed by atoms with Gasteiger partial charge in [-0.2, -0.15) is 0 Å². The molecular formula is C7H15NRa. The van der Waals surface area contributed by atoms with E-state index in [-0.39, 0.29) is 45.0 Å². The first-order chi connectivity index (χ1) is 3.93. The van der Waals surface area contributed by atoms with Crippen LogP contribution in [0.2, 0.25) is 0 Å². The molecule has 1 fully saturated rings. The Hall–Kier alpha value is 1.43. The Morgan fingerprint density at radius 1 is 1.33 bits per heavy atom.